The van der Waals surface area contributed by atoms with Gasteiger partial charge >= 0.3 is 6.03 Å². The highest BCUT2D eigenvalue weighted by Gasteiger charge is 2.32. The molecule has 0 saturated carbocycles. The van der Waals surface area contributed by atoms with Crippen LogP contribution >= 0.6 is 0 Å². The van der Waals surface area contributed by atoms with Crippen molar-refractivity contribution >= 4 is 33.3 Å². The highest BCUT2D eigenvalue weighted by Crippen LogP contribution is 2.29. The van der Waals surface area contributed by atoms with Gasteiger partial charge in [-0.05, 0) is 49.4 Å². The predicted octanol–water partition coefficient (Wildman–Crippen LogP) is 2.51. The molecule has 2 aromatic carbocycles. The second-order valence-corrected chi connectivity index (χ2v) is 11.4. The van der Waals surface area contributed by atoms with Crippen molar-refractivity contribution in [2.45, 2.75) is 32.4 Å². The zero-order valence-electron chi connectivity index (χ0n) is 21.3. The number of hydrogen-bond donors (Lipinski definition) is 3. The van der Waals surface area contributed by atoms with E-state index in [1.54, 1.807) is 30.0 Å². The van der Waals surface area contributed by atoms with Crippen LogP contribution in [0.15, 0.2) is 42.5 Å². The lowest BCUT2D eigenvalue weighted by Crippen LogP contribution is -2.48. The summed E-state index contributed by atoms with van der Waals surface area (Å²) in [4.78, 5) is 27.3. The highest BCUT2D eigenvalue weighted by molar-refractivity contribution is 7.88. The Hall–Kier alpha value is -3.22. The van der Waals surface area contributed by atoms with Gasteiger partial charge in [0.2, 0.25) is 15.9 Å². The molecular weight excluding hydrogens is 503 g/mol. The number of carbonyl (C=O) groups excluding carboxylic acids is 2. The van der Waals surface area contributed by atoms with Crippen LogP contribution in [0.1, 0.15) is 19.4 Å². The molecule has 1 heterocycles. The number of likely N-dealkylation sites (N-methyl/N-ethyl adjacent to an activating group) is 1. The van der Waals surface area contributed by atoms with Gasteiger partial charge in [0.1, 0.15) is 17.7 Å². The van der Waals surface area contributed by atoms with E-state index in [1.807, 2.05) is 6.92 Å². The van der Waals surface area contributed by atoms with Crippen molar-refractivity contribution in [3.8, 4) is 5.75 Å². The first-order valence-corrected chi connectivity index (χ1v) is 13.7. The minimum atomic E-state index is -3.47. The third-order valence-corrected chi connectivity index (χ3v) is 7.56. The molecule has 12 heteroatoms. The van der Waals surface area contributed by atoms with Gasteiger partial charge in [-0.1, -0.05) is 6.92 Å². The number of carbonyl (C=O) groups is 2. The van der Waals surface area contributed by atoms with Crippen LogP contribution in [0.4, 0.5) is 20.6 Å². The Morgan fingerprint density at radius 2 is 1.84 bits per heavy atom. The van der Waals surface area contributed by atoms with E-state index in [-0.39, 0.29) is 37.9 Å². The number of hydrogen-bond acceptors (Lipinski definition) is 6. The summed E-state index contributed by atoms with van der Waals surface area (Å²) >= 11 is 0. The molecule has 1 aliphatic rings. The fourth-order valence-electron chi connectivity index (χ4n) is 3.94. The van der Waals surface area contributed by atoms with E-state index in [4.69, 9.17) is 4.74 Å². The normalized spacial score (nSPS) is 19.2. The Labute approximate surface area is 216 Å². The van der Waals surface area contributed by atoms with Crippen molar-refractivity contribution in [3.63, 3.8) is 0 Å². The van der Waals surface area contributed by atoms with E-state index >= 15 is 0 Å². The Morgan fingerprint density at radius 1 is 1.22 bits per heavy atom. The maximum absolute atomic E-state index is 13.2. The maximum Gasteiger partial charge on any atom is 0.323 e. The minimum absolute atomic E-state index is 0.0455. The molecule has 2 aromatic rings. The van der Waals surface area contributed by atoms with Gasteiger partial charge in [-0.2, -0.15) is 0 Å². The minimum Gasteiger partial charge on any atom is -0.488 e. The van der Waals surface area contributed by atoms with Crippen LogP contribution < -0.4 is 15.4 Å². The van der Waals surface area contributed by atoms with Crippen LogP contribution in [0.5, 0.6) is 5.75 Å². The summed E-state index contributed by atoms with van der Waals surface area (Å²) in [5, 5.41) is 15.0. The molecule has 0 unspecified atom stereocenters. The number of nitrogens with zero attached hydrogens (tertiary/aromatic N) is 2. The van der Waals surface area contributed by atoms with Crippen LogP contribution in [-0.2, 0) is 21.2 Å². The number of fused-ring (bicyclic) bond motifs is 1. The number of anilines is 2. The van der Waals surface area contributed by atoms with E-state index < -0.39 is 34.0 Å². The number of benzene rings is 2. The number of halogens is 1. The van der Waals surface area contributed by atoms with Gasteiger partial charge in [0.25, 0.3) is 0 Å². The third-order valence-electron chi connectivity index (χ3n) is 6.28. The first-order valence-electron chi connectivity index (χ1n) is 11.8. The summed E-state index contributed by atoms with van der Waals surface area (Å²) in [5.74, 6) is -0.515. The second kappa shape index (κ2) is 11.9. The summed E-state index contributed by atoms with van der Waals surface area (Å²) in [5.41, 5.74) is 1.30. The van der Waals surface area contributed by atoms with E-state index in [2.05, 4.69) is 10.6 Å². The molecule has 0 spiro atoms. The van der Waals surface area contributed by atoms with E-state index in [1.165, 1.54) is 35.6 Å². The van der Waals surface area contributed by atoms with Gasteiger partial charge in [-0.15, -0.1) is 0 Å². The zero-order chi connectivity index (χ0) is 27.3. The summed E-state index contributed by atoms with van der Waals surface area (Å²) in [7, 11) is -2.01. The molecule has 37 heavy (non-hydrogen) atoms. The van der Waals surface area contributed by atoms with Crippen molar-refractivity contribution in [2.75, 3.05) is 43.6 Å². The Bertz CT molecular complexity index is 1220. The summed E-state index contributed by atoms with van der Waals surface area (Å²) in [6.45, 7) is 3.70. The molecule has 3 rings (SSSR count). The third kappa shape index (κ3) is 7.63. The Morgan fingerprint density at radius 3 is 2.46 bits per heavy atom. The summed E-state index contributed by atoms with van der Waals surface area (Å²) < 4.78 is 44.7. The SMILES string of the molecule is C[C@H](CO)N1C[C@H](C)[C@@H](CN(C)S(C)(=O)=O)Oc2ccc(NC(=O)Nc3ccc(F)cc3)cc2CC1=O. The second-order valence-electron chi connectivity index (χ2n) is 9.34. The maximum atomic E-state index is 13.2. The number of aliphatic hydroxyl groups is 1. The fraction of sp³-hybridized carbons (Fsp3) is 0.440. The average Bonchev–Trinajstić information content (AvgIpc) is 2.87. The van der Waals surface area contributed by atoms with Gasteiger partial charge in [0.15, 0.2) is 0 Å². The first kappa shape index (κ1) is 28.4. The highest BCUT2D eigenvalue weighted by atomic mass is 32.2. The molecule has 0 aromatic heterocycles. The number of amides is 3. The van der Waals surface area contributed by atoms with Crippen molar-refractivity contribution in [3.05, 3.63) is 53.8 Å². The van der Waals surface area contributed by atoms with Crippen molar-refractivity contribution in [1.82, 2.24) is 9.21 Å². The number of ether oxygens (including phenoxy) is 1. The summed E-state index contributed by atoms with van der Waals surface area (Å²) in [6.07, 6.45) is 0.480. The molecule has 202 valence electrons. The molecule has 0 fully saturated rings. The number of aliphatic hydroxyl groups excluding tert-OH is 1. The topological polar surface area (TPSA) is 128 Å². The number of rotatable bonds is 7. The zero-order valence-corrected chi connectivity index (χ0v) is 22.1. The monoisotopic (exact) mass is 536 g/mol. The standard InChI is InChI=1S/C25H33FN4O6S/c1-16-13-30(17(2)15-31)24(32)12-18-11-21(28-25(33)27-20-7-5-19(26)6-8-20)9-10-22(18)36-23(16)14-29(3)37(4,34)35/h5-11,16-17,23,31H,12-15H2,1-4H3,(H2,27,28,33)/t16-,17+,23+/m0/s1. The van der Waals surface area contributed by atoms with Crippen molar-refractivity contribution in [1.29, 1.82) is 0 Å². The molecule has 10 nitrogen and oxygen atoms in total. The molecule has 3 N–H and O–H groups in total. The van der Waals surface area contributed by atoms with Crippen LogP contribution in [0.3, 0.4) is 0 Å². The Balaban J connectivity index is 1.89. The van der Waals surface area contributed by atoms with Crippen LogP contribution in [0, 0.1) is 11.7 Å². The lowest BCUT2D eigenvalue weighted by Gasteiger charge is -2.33. The molecule has 3 amide bonds. The Kier molecular flexibility index (Phi) is 9.11. The molecule has 0 bridgehead atoms. The number of sulfonamides is 1. The lowest BCUT2D eigenvalue weighted by atomic mass is 10.0. The first-order chi connectivity index (χ1) is 17.4. The molecular formula is C25H33FN4O6S. The molecule has 0 aliphatic carbocycles. The van der Waals surface area contributed by atoms with Gasteiger partial charge in [-0.3, -0.25) is 4.79 Å². The predicted molar refractivity (Wildman–Crippen MR) is 139 cm³/mol. The molecule has 0 radical (unpaired) electrons. The molecule has 1 aliphatic heterocycles. The van der Waals surface area contributed by atoms with Crippen molar-refractivity contribution < 1.29 is 32.2 Å². The van der Waals surface area contributed by atoms with Gasteiger partial charge in [0.05, 0.1) is 31.9 Å². The lowest BCUT2D eigenvalue weighted by molar-refractivity contribution is -0.134. The summed E-state index contributed by atoms with van der Waals surface area (Å²) in [6, 6.07) is 9.16. The smallest absolute Gasteiger partial charge is 0.323 e. The van der Waals surface area contributed by atoms with Gasteiger partial charge < -0.3 is 25.4 Å². The largest absolute Gasteiger partial charge is 0.488 e. The van der Waals surface area contributed by atoms with E-state index in [9.17, 15) is 27.5 Å². The van der Waals surface area contributed by atoms with E-state index in [0.717, 1.165) is 6.26 Å². The van der Waals surface area contributed by atoms with Crippen LogP contribution in [-0.4, -0.2) is 79.8 Å². The molecule has 3 atom stereocenters. The van der Waals surface area contributed by atoms with Crippen LogP contribution in [0.2, 0.25) is 0 Å². The van der Waals surface area contributed by atoms with Crippen molar-refractivity contribution in [2.24, 2.45) is 5.92 Å². The molecule has 0 saturated heterocycles. The van der Waals surface area contributed by atoms with Crippen LogP contribution in [0.25, 0.3) is 0 Å². The number of urea groups is 1. The van der Waals surface area contributed by atoms with Gasteiger partial charge in [0, 0.05) is 36.4 Å². The fourth-order valence-corrected chi connectivity index (χ4v) is 4.36. The van der Waals surface area contributed by atoms with E-state index in [0.29, 0.717) is 22.7 Å². The average molecular weight is 537 g/mol. The number of nitrogens with one attached hydrogen (secondary N) is 2. The quantitative estimate of drug-likeness (QED) is 0.499. The van der Waals surface area contributed by atoms with Gasteiger partial charge in [-0.25, -0.2) is 21.9 Å².